The summed E-state index contributed by atoms with van der Waals surface area (Å²) in [5.41, 5.74) is 0. The Hall–Kier alpha value is -3.42. The van der Waals surface area contributed by atoms with E-state index in [1.54, 1.807) is 6.08 Å². The number of esters is 1. The summed E-state index contributed by atoms with van der Waals surface area (Å²) in [4.78, 5) is 26.6. The van der Waals surface area contributed by atoms with E-state index >= 15 is 0 Å². The predicted molar refractivity (Wildman–Crippen MR) is 347 cm³/mol. The molecule has 0 aromatic rings. The molecule has 1 fully saturated rings. The minimum atomic E-state index is -1.63. The number of ether oxygens (including phenoxy) is 3. The molecule has 11 nitrogen and oxygen atoms in total. The van der Waals surface area contributed by atoms with Crippen LogP contribution in [0, 0.1) is 0 Å². The first-order chi connectivity index (χ1) is 40.7. The molecule has 1 aliphatic rings. The summed E-state index contributed by atoms with van der Waals surface area (Å²) in [6.45, 7) is 5.73. The maximum atomic E-state index is 13.5. The van der Waals surface area contributed by atoms with Gasteiger partial charge in [-0.15, -0.1) is 0 Å². The molecule has 0 bridgehead atoms. The smallest absolute Gasteiger partial charge is 0.306 e. The van der Waals surface area contributed by atoms with Crippen molar-refractivity contribution in [1.29, 1.82) is 0 Å². The van der Waals surface area contributed by atoms with E-state index in [4.69, 9.17) is 14.2 Å². The number of carbonyl (C=O) groups excluding carboxylic acids is 2. The Bertz CT molecular complexity index is 1720. The van der Waals surface area contributed by atoms with E-state index in [-0.39, 0.29) is 19.4 Å². The van der Waals surface area contributed by atoms with Gasteiger partial charge in [0.1, 0.15) is 24.4 Å². The van der Waals surface area contributed by atoms with Crippen molar-refractivity contribution in [1.82, 2.24) is 5.32 Å². The summed E-state index contributed by atoms with van der Waals surface area (Å²) < 4.78 is 17.6. The average molecular weight is 1160 g/mol. The highest BCUT2D eigenvalue weighted by atomic mass is 16.7. The van der Waals surface area contributed by atoms with Crippen LogP contribution in [-0.4, -0.2) is 99.6 Å². The zero-order valence-electron chi connectivity index (χ0n) is 53.0. The lowest BCUT2D eigenvalue weighted by Gasteiger charge is -2.41. The standard InChI is InChI=1S/C72H125NO10/c1-4-7-10-13-16-19-22-25-27-29-31-32-33-35-36-38-41-44-47-50-53-56-59-65(76)71(80)73-63(64(75)58-55-52-49-46-43-40-24-21-18-15-12-9-6-3)62-81-72-70(69(79)68(78)66(61-74)82-72)83-67(77)60-57-54-51-48-45-42-39-37-34-30-28-26-23-20-17-14-11-8-5-2/h16-17,19-20,25-28,31-32,34,37,42,45,55,58,63-66,68-70,72,74-76,78-79H,4-15,18,21-24,29-30,33,35-36,38-41,43-44,46-54,56-57,59-62H2,1-3H3,(H,73,80)/b19-16-,20-17-,27-25-,28-26-,32-31-,37-34-,45-42-,58-55+. The molecule has 0 saturated carbocycles. The highest BCUT2D eigenvalue weighted by Gasteiger charge is 2.47. The average Bonchev–Trinajstić information content (AvgIpc) is 3.58. The fourth-order valence-electron chi connectivity index (χ4n) is 10.1. The number of unbranched alkanes of at least 4 members (excludes halogenated alkanes) is 29. The molecule has 1 rings (SSSR count). The van der Waals surface area contributed by atoms with Gasteiger partial charge in [-0.3, -0.25) is 9.59 Å². The third-order valence-electron chi connectivity index (χ3n) is 15.5. The van der Waals surface area contributed by atoms with Gasteiger partial charge < -0.3 is 45.1 Å². The molecule has 0 aromatic heterocycles. The summed E-state index contributed by atoms with van der Waals surface area (Å²) in [5, 5.41) is 57.2. The Morgan fingerprint density at radius 2 is 0.831 bits per heavy atom. The van der Waals surface area contributed by atoms with Crippen LogP contribution in [0.4, 0.5) is 0 Å². The molecule has 0 aromatic carbocycles. The Morgan fingerprint density at radius 1 is 0.470 bits per heavy atom. The molecule has 1 heterocycles. The largest absolute Gasteiger partial charge is 0.454 e. The predicted octanol–water partition coefficient (Wildman–Crippen LogP) is 17.1. The zero-order chi connectivity index (χ0) is 60.3. The molecule has 8 unspecified atom stereocenters. The second-order valence-electron chi connectivity index (χ2n) is 23.2. The van der Waals surface area contributed by atoms with Crippen molar-refractivity contribution in [2.24, 2.45) is 0 Å². The van der Waals surface area contributed by atoms with Crippen molar-refractivity contribution >= 4 is 11.9 Å². The molecule has 1 saturated heterocycles. The van der Waals surface area contributed by atoms with Gasteiger partial charge in [-0.1, -0.05) is 266 Å². The number of rotatable bonds is 57. The van der Waals surface area contributed by atoms with Crippen LogP contribution in [0.15, 0.2) is 97.2 Å². The second-order valence-corrected chi connectivity index (χ2v) is 23.2. The van der Waals surface area contributed by atoms with Crippen molar-refractivity contribution < 1.29 is 49.3 Å². The molecular formula is C72H125NO10. The van der Waals surface area contributed by atoms with E-state index in [0.29, 0.717) is 12.8 Å². The number of nitrogens with one attached hydrogen (secondary N) is 1. The first-order valence-electron chi connectivity index (χ1n) is 34.0. The number of carbonyl (C=O) groups is 2. The van der Waals surface area contributed by atoms with Crippen LogP contribution in [0.25, 0.3) is 0 Å². The Morgan fingerprint density at radius 3 is 1.27 bits per heavy atom. The van der Waals surface area contributed by atoms with Gasteiger partial charge in [0, 0.05) is 6.42 Å². The maximum absolute atomic E-state index is 13.5. The van der Waals surface area contributed by atoms with Crippen LogP contribution in [0.5, 0.6) is 0 Å². The molecule has 8 atom stereocenters. The van der Waals surface area contributed by atoms with Gasteiger partial charge in [0.25, 0.3) is 0 Å². The van der Waals surface area contributed by atoms with Crippen molar-refractivity contribution in [2.45, 2.75) is 333 Å². The van der Waals surface area contributed by atoms with Crippen LogP contribution < -0.4 is 5.32 Å². The van der Waals surface area contributed by atoms with Crippen molar-refractivity contribution in [2.75, 3.05) is 13.2 Å². The summed E-state index contributed by atoms with van der Waals surface area (Å²) in [7, 11) is 0. The van der Waals surface area contributed by atoms with Gasteiger partial charge in [-0.25, -0.2) is 0 Å². The van der Waals surface area contributed by atoms with Gasteiger partial charge in [0.05, 0.1) is 25.4 Å². The summed E-state index contributed by atoms with van der Waals surface area (Å²) in [5.74, 6) is -1.23. The number of amides is 1. The van der Waals surface area contributed by atoms with Gasteiger partial charge in [-0.05, 0) is 109 Å². The lowest BCUT2D eigenvalue weighted by molar-refractivity contribution is -0.305. The lowest BCUT2D eigenvalue weighted by Crippen LogP contribution is -2.61. The highest BCUT2D eigenvalue weighted by Crippen LogP contribution is 2.26. The van der Waals surface area contributed by atoms with Gasteiger partial charge in [0.15, 0.2) is 12.4 Å². The molecular weight excluding hydrogens is 1040 g/mol. The van der Waals surface area contributed by atoms with E-state index < -0.39 is 67.4 Å². The number of allylic oxidation sites excluding steroid dienone is 15. The van der Waals surface area contributed by atoms with E-state index in [2.05, 4.69) is 111 Å². The third kappa shape index (κ3) is 46.5. The molecule has 0 radical (unpaired) electrons. The summed E-state index contributed by atoms with van der Waals surface area (Å²) in [6, 6.07) is -1.04. The summed E-state index contributed by atoms with van der Waals surface area (Å²) >= 11 is 0. The van der Waals surface area contributed by atoms with Crippen LogP contribution in [0.3, 0.4) is 0 Å². The number of hydrogen-bond donors (Lipinski definition) is 6. The normalized spacial score (nSPS) is 19.2. The van der Waals surface area contributed by atoms with Crippen LogP contribution >= 0.6 is 0 Å². The van der Waals surface area contributed by atoms with Gasteiger partial charge in [0.2, 0.25) is 5.91 Å². The molecule has 0 aliphatic carbocycles. The maximum Gasteiger partial charge on any atom is 0.306 e. The van der Waals surface area contributed by atoms with Crippen molar-refractivity contribution in [3.63, 3.8) is 0 Å². The Kier molecular flexibility index (Phi) is 55.1. The quantitative estimate of drug-likeness (QED) is 0.0195. The van der Waals surface area contributed by atoms with Crippen LogP contribution in [0.1, 0.15) is 284 Å². The minimum Gasteiger partial charge on any atom is -0.454 e. The van der Waals surface area contributed by atoms with E-state index in [1.165, 1.54) is 141 Å². The number of aliphatic hydroxyl groups is 5. The number of hydrogen-bond acceptors (Lipinski definition) is 10. The van der Waals surface area contributed by atoms with E-state index in [0.717, 1.165) is 96.3 Å². The second kappa shape index (κ2) is 58.9. The van der Waals surface area contributed by atoms with E-state index in [1.807, 2.05) is 6.08 Å². The van der Waals surface area contributed by atoms with Crippen molar-refractivity contribution in [3.8, 4) is 0 Å². The highest BCUT2D eigenvalue weighted by molar-refractivity contribution is 5.80. The molecule has 478 valence electrons. The SMILES string of the molecule is CCCCC/C=C\C/C=C\C/C=C\C/C=C\CCCCCC(=O)OC1C(OCC(NC(=O)C(O)CCCCCCCCCCC/C=C\C/C=C\C/C=C\CCCCC)C(O)/C=C/CCCCCCCCCCCCC)OC(CO)C(O)C1O. The molecule has 11 heteroatoms. The third-order valence-corrected chi connectivity index (χ3v) is 15.5. The molecule has 6 N–H and O–H groups in total. The lowest BCUT2D eigenvalue weighted by atomic mass is 9.99. The minimum absolute atomic E-state index is 0.0818. The van der Waals surface area contributed by atoms with Crippen molar-refractivity contribution in [3.05, 3.63) is 97.2 Å². The van der Waals surface area contributed by atoms with Crippen LogP contribution in [0.2, 0.25) is 0 Å². The van der Waals surface area contributed by atoms with Gasteiger partial charge in [-0.2, -0.15) is 0 Å². The zero-order valence-corrected chi connectivity index (χ0v) is 53.0. The Labute approximate surface area is 507 Å². The monoisotopic (exact) mass is 1160 g/mol. The molecule has 1 aliphatic heterocycles. The summed E-state index contributed by atoms with van der Waals surface area (Å²) in [6.07, 6.45) is 68.6. The molecule has 0 spiro atoms. The number of aliphatic hydroxyl groups excluding tert-OH is 5. The first-order valence-corrected chi connectivity index (χ1v) is 34.0. The topological polar surface area (TPSA) is 175 Å². The van der Waals surface area contributed by atoms with Crippen LogP contribution in [-0.2, 0) is 23.8 Å². The fraction of sp³-hybridized carbons (Fsp3) is 0.750. The van der Waals surface area contributed by atoms with E-state index in [9.17, 15) is 35.1 Å². The molecule has 83 heavy (non-hydrogen) atoms. The molecule has 1 amide bonds. The first kappa shape index (κ1) is 77.6. The van der Waals surface area contributed by atoms with Gasteiger partial charge >= 0.3 is 5.97 Å². The Balaban J connectivity index is 2.66. The fourth-order valence-corrected chi connectivity index (χ4v) is 10.1.